The average molecular weight is 136 g/mol. The number of aliphatic hydroxyl groups is 2. The quantitative estimate of drug-likeness (QED) is 0.577. The largest absolute Gasteiger partial charge is 0.391 e. The molecular weight excluding hydrogens is 124 g/mol. The zero-order valence-corrected chi connectivity index (χ0v) is 5.98. The van der Waals surface area contributed by atoms with Crippen molar-refractivity contribution >= 4 is 11.8 Å². The van der Waals surface area contributed by atoms with Gasteiger partial charge in [-0.15, -0.1) is 0 Å². The van der Waals surface area contributed by atoms with Crippen LogP contribution in [0.25, 0.3) is 0 Å². The van der Waals surface area contributed by atoms with E-state index in [0.717, 1.165) is 0 Å². The molecule has 0 bridgehead atoms. The van der Waals surface area contributed by atoms with E-state index in [0.29, 0.717) is 5.75 Å². The maximum atomic E-state index is 8.86. The van der Waals surface area contributed by atoms with Crippen molar-refractivity contribution in [2.24, 2.45) is 0 Å². The molecule has 2 atom stereocenters. The normalized spacial score (nSPS) is 18.0. The van der Waals surface area contributed by atoms with Gasteiger partial charge in [0.15, 0.2) is 0 Å². The lowest BCUT2D eigenvalue weighted by molar-refractivity contribution is 0.0469. The monoisotopic (exact) mass is 136 g/mol. The highest BCUT2D eigenvalue weighted by Gasteiger charge is 2.07. The van der Waals surface area contributed by atoms with Gasteiger partial charge in [-0.25, -0.2) is 0 Å². The molecule has 8 heavy (non-hydrogen) atoms. The van der Waals surface area contributed by atoms with E-state index in [9.17, 15) is 0 Å². The molecule has 0 aromatic carbocycles. The molecule has 0 saturated carbocycles. The second kappa shape index (κ2) is 4.18. The summed E-state index contributed by atoms with van der Waals surface area (Å²) in [5.41, 5.74) is 0. The van der Waals surface area contributed by atoms with Gasteiger partial charge in [0.05, 0.1) is 12.2 Å². The van der Waals surface area contributed by atoms with Crippen molar-refractivity contribution in [1.82, 2.24) is 0 Å². The van der Waals surface area contributed by atoms with Crippen LogP contribution in [0.2, 0.25) is 0 Å². The third kappa shape index (κ3) is 3.29. The van der Waals surface area contributed by atoms with Crippen LogP contribution in [0.3, 0.4) is 0 Å². The first kappa shape index (κ1) is 8.27. The van der Waals surface area contributed by atoms with Gasteiger partial charge >= 0.3 is 0 Å². The minimum Gasteiger partial charge on any atom is -0.391 e. The highest BCUT2D eigenvalue weighted by atomic mass is 32.2. The summed E-state index contributed by atoms with van der Waals surface area (Å²) in [4.78, 5) is 0. The summed E-state index contributed by atoms with van der Waals surface area (Å²) in [6, 6.07) is 0. The average Bonchev–Trinajstić information content (AvgIpc) is 1.67. The molecule has 0 aliphatic heterocycles. The standard InChI is InChI=1S/C5H12O2S/c1-4(6)5(7)3-8-2/h4-7H,3H2,1-2H3. The molecule has 0 radical (unpaired) electrons. The van der Waals surface area contributed by atoms with Crippen molar-refractivity contribution in [3.8, 4) is 0 Å². The molecule has 0 aliphatic rings. The van der Waals surface area contributed by atoms with Gasteiger partial charge in [0.25, 0.3) is 0 Å². The van der Waals surface area contributed by atoms with Crippen LogP contribution in [0.5, 0.6) is 0 Å². The maximum Gasteiger partial charge on any atom is 0.0886 e. The Morgan fingerprint density at radius 3 is 2.12 bits per heavy atom. The summed E-state index contributed by atoms with van der Waals surface area (Å²) in [5, 5.41) is 17.5. The molecule has 0 spiro atoms. The predicted octanol–water partition coefficient (Wildman–Crippen LogP) is 0.0911. The molecule has 3 heteroatoms. The minimum absolute atomic E-state index is 0.565. The van der Waals surface area contributed by atoms with E-state index < -0.39 is 12.2 Å². The van der Waals surface area contributed by atoms with Crippen LogP contribution in [-0.4, -0.2) is 34.4 Å². The predicted molar refractivity (Wildman–Crippen MR) is 36.1 cm³/mol. The van der Waals surface area contributed by atoms with Crippen molar-refractivity contribution in [1.29, 1.82) is 0 Å². The lowest BCUT2D eigenvalue weighted by Crippen LogP contribution is -2.24. The first-order valence-electron chi connectivity index (χ1n) is 2.53. The van der Waals surface area contributed by atoms with Crippen LogP contribution in [0.4, 0.5) is 0 Å². The molecule has 0 amide bonds. The van der Waals surface area contributed by atoms with Crippen LogP contribution in [0.15, 0.2) is 0 Å². The second-order valence-electron chi connectivity index (χ2n) is 1.76. The summed E-state index contributed by atoms with van der Waals surface area (Å²) < 4.78 is 0. The maximum absolute atomic E-state index is 8.86. The van der Waals surface area contributed by atoms with E-state index in [1.165, 1.54) is 11.8 Å². The molecule has 0 saturated heterocycles. The molecule has 50 valence electrons. The van der Waals surface area contributed by atoms with E-state index in [2.05, 4.69) is 0 Å². The number of thioether (sulfide) groups is 1. The van der Waals surface area contributed by atoms with Crippen LogP contribution >= 0.6 is 11.8 Å². The smallest absolute Gasteiger partial charge is 0.0886 e. The zero-order chi connectivity index (χ0) is 6.57. The molecular formula is C5H12O2S. The Bertz CT molecular complexity index is 56.4. The lowest BCUT2D eigenvalue weighted by Gasteiger charge is -2.10. The van der Waals surface area contributed by atoms with Gasteiger partial charge in [0.2, 0.25) is 0 Å². The fourth-order valence-electron chi connectivity index (χ4n) is 0.310. The molecule has 0 aromatic rings. The van der Waals surface area contributed by atoms with Crippen molar-refractivity contribution in [2.45, 2.75) is 19.1 Å². The minimum atomic E-state index is -0.595. The summed E-state index contributed by atoms with van der Waals surface area (Å²) in [6.07, 6.45) is 0.735. The lowest BCUT2D eigenvalue weighted by atomic mass is 10.3. The summed E-state index contributed by atoms with van der Waals surface area (Å²) in [5.74, 6) is 0.609. The molecule has 2 unspecified atom stereocenters. The van der Waals surface area contributed by atoms with E-state index in [-0.39, 0.29) is 0 Å². The van der Waals surface area contributed by atoms with E-state index >= 15 is 0 Å². The van der Waals surface area contributed by atoms with Gasteiger partial charge in [-0.1, -0.05) is 0 Å². The Morgan fingerprint density at radius 2 is 2.00 bits per heavy atom. The molecule has 2 nitrogen and oxygen atoms in total. The fraction of sp³-hybridized carbons (Fsp3) is 1.00. The van der Waals surface area contributed by atoms with Crippen molar-refractivity contribution in [3.05, 3.63) is 0 Å². The molecule has 2 N–H and O–H groups in total. The van der Waals surface area contributed by atoms with Gasteiger partial charge in [-0.05, 0) is 13.2 Å². The van der Waals surface area contributed by atoms with E-state index in [1.54, 1.807) is 6.92 Å². The second-order valence-corrected chi connectivity index (χ2v) is 2.67. The number of hydrogen-bond acceptors (Lipinski definition) is 3. The fourth-order valence-corrected chi connectivity index (χ4v) is 0.930. The van der Waals surface area contributed by atoms with Gasteiger partial charge in [0, 0.05) is 5.75 Å². The van der Waals surface area contributed by atoms with Crippen LogP contribution in [-0.2, 0) is 0 Å². The first-order chi connectivity index (χ1) is 3.68. The molecule has 0 rings (SSSR count). The van der Waals surface area contributed by atoms with Gasteiger partial charge in [-0.2, -0.15) is 11.8 Å². The third-order valence-electron chi connectivity index (χ3n) is 0.894. The van der Waals surface area contributed by atoms with Crippen molar-refractivity contribution in [2.75, 3.05) is 12.0 Å². The molecule has 0 aliphatic carbocycles. The Morgan fingerprint density at radius 1 is 1.50 bits per heavy atom. The van der Waals surface area contributed by atoms with Crippen LogP contribution < -0.4 is 0 Å². The number of rotatable bonds is 3. The summed E-state index contributed by atoms with van der Waals surface area (Å²) in [6.45, 7) is 1.58. The number of aliphatic hydroxyl groups excluding tert-OH is 2. The highest BCUT2D eigenvalue weighted by molar-refractivity contribution is 7.98. The Kier molecular flexibility index (Phi) is 4.32. The molecule has 0 aromatic heterocycles. The summed E-state index contributed by atoms with van der Waals surface area (Å²) >= 11 is 1.53. The molecule has 0 heterocycles. The van der Waals surface area contributed by atoms with Gasteiger partial charge < -0.3 is 10.2 Å². The van der Waals surface area contributed by atoms with E-state index in [1.807, 2.05) is 6.26 Å². The summed E-state index contributed by atoms with van der Waals surface area (Å²) in [7, 11) is 0. The Hall–Kier alpha value is 0.270. The van der Waals surface area contributed by atoms with Crippen molar-refractivity contribution < 1.29 is 10.2 Å². The Labute approximate surface area is 53.9 Å². The SMILES string of the molecule is CSCC(O)C(C)O. The highest BCUT2D eigenvalue weighted by Crippen LogP contribution is 2.00. The first-order valence-corrected chi connectivity index (χ1v) is 3.93. The molecule has 0 fully saturated rings. The van der Waals surface area contributed by atoms with Crippen LogP contribution in [0.1, 0.15) is 6.92 Å². The third-order valence-corrected chi connectivity index (χ3v) is 1.57. The van der Waals surface area contributed by atoms with E-state index in [4.69, 9.17) is 10.2 Å². The van der Waals surface area contributed by atoms with Crippen molar-refractivity contribution in [3.63, 3.8) is 0 Å². The van der Waals surface area contributed by atoms with Gasteiger partial charge in [-0.3, -0.25) is 0 Å². The topological polar surface area (TPSA) is 40.5 Å². The van der Waals surface area contributed by atoms with Gasteiger partial charge in [0.1, 0.15) is 0 Å². The van der Waals surface area contributed by atoms with Crippen LogP contribution in [0, 0.1) is 0 Å². The zero-order valence-electron chi connectivity index (χ0n) is 5.16. The number of hydrogen-bond donors (Lipinski definition) is 2. The Balaban J connectivity index is 3.17.